The number of nitrogens with zero attached hydrogens (tertiary/aromatic N) is 1. The fraction of sp³-hybridized carbons (Fsp3) is 0.0526. The van der Waals surface area contributed by atoms with Gasteiger partial charge in [-0.3, -0.25) is 14.2 Å². The van der Waals surface area contributed by atoms with Crippen molar-refractivity contribution < 1.29 is 13.6 Å². The van der Waals surface area contributed by atoms with Crippen LogP contribution in [0.15, 0.2) is 59.4 Å². The van der Waals surface area contributed by atoms with Gasteiger partial charge in [0.2, 0.25) is 0 Å². The summed E-state index contributed by atoms with van der Waals surface area (Å²) in [6.45, 7) is 1.75. The van der Waals surface area contributed by atoms with Crippen LogP contribution in [0.3, 0.4) is 0 Å². The van der Waals surface area contributed by atoms with Gasteiger partial charge >= 0.3 is 0 Å². The summed E-state index contributed by atoms with van der Waals surface area (Å²) >= 11 is 0. The topological polar surface area (TPSA) is 65.1 Å². The van der Waals surface area contributed by atoms with Gasteiger partial charge < -0.3 is 5.73 Å². The zero-order chi connectivity index (χ0) is 18.1. The highest BCUT2D eigenvalue weighted by atomic mass is 19.1. The molecule has 0 spiro atoms. The molecule has 0 aliphatic carbocycles. The number of aryl methyl sites for hydroxylation is 1. The maximum absolute atomic E-state index is 14.2. The van der Waals surface area contributed by atoms with Crippen LogP contribution >= 0.6 is 0 Å². The van der Waals surface area contributed by atoms with Gasteiger partial charge in [0.05, 0.1) is 11.3 Å². The molecule has 0 aliphatic rings. The number of rotatable bonds is 3. The van der Waals surface area contributed by atoms with Crippen molar-refractivity contribution in [3.8, 4) is 5.69 Å². The molecule has 2 N–H and O–H groups in total. The lowest BCUT2D eigenvalue weighted by atomic mass is 10.0. The fourth-order valence-corrected chi connectivity index (χ4v) is 2.55. The minimum atomic E-state index is -0.634. The third-order valence-electron chi connectivity index (χ3n) is 3.82. The molecule has 0 saturated carbocycles. The summed E-state index contributed by atoms with van der Waals surface area (Å²) in [5, 5.41) is 0. The number of nitrogens with two attached hydrogens (primary N) is 1. The van der Waals surface area contributed by atoms with Gasteiger partial charge in [-0.05, 0) is 55.0 Å². The second-order valence-corrected chi connectivity index (χ2v) is 5.60. The van der Waals surface area contributed by atoms with E-state index in [1.54, 1.807) is 13.0 Å². The Bertz CT molecular complexity index is 1020. The quantitative estimate of drug-likeness (QED) is 0.745. The number of carbonyl (C=O) groups is 1. The lowest BCUT2D eigenvalue weighted by Crippen LogP contribution is -2.24. The summed E-state index contributed by atoms with van der Waals surface area (Å²) in [5.74, 6) is -1.77. The Balaban J connectivity index is 2.18. The number of halogens is 2. The van der Waals surface area contributed by atoms with E-state index >= 15 is 0 Å². The molecule has 0 saturated heterocycles. The van der Waals surface area contributed by atoms with Crippen LogP contribution in [0.4, 0.5) is 14.6 Å². The normalized spacial score (nSPS) is 10.7. The fourth-order valence-electron chi connectivity index (χ4n) is 2.55. The molecule has 0 fully saturated rings. The van der Waals surface area contributed by atoms with Crippen LogP contribution in [0.25, 0.3) is 5.69 Å². The summed E-state index contributed by atoms with van der Waals surface area (Å²) in [6, 6.07) is 11.6. The number of carbonyl (C=O) groups excluding carboxylic acids is 1. The first-order valence-electron chi connectivity index (χ1n) is 7.47. The smallest absolute Gasteiger partial charge is 0.256 e. The van der Waals surface area contributed by atoms with Crippen LogP contribution in [-0.2, 0) is 0 Å². The molecule has 1 heterocycles. The first-order valence-corrected chi connectivity index (χ1v) is 7.47. The Kier molecular flexibility index (Phi) is 4.19. The second kappa shape index (κ2) is 6.32. The monoisotopic (exact) mass is 340 g/mol. The van der Waals surface area contributed by atoms with Gasteiger partial charge in [0.1, 0.15) is 17.5 Å². The lowest BCUT2D eigenvalue weighted by molar-refractivity contribution is 0.103. The summed E-state index contributed by atoms with van der Waals surface area (Å²) < 4.78 is 28.2. The van der Waals surface area contributed by atoms with Crippen LogP contribution in [0.5, 0.6) is 0 Å². The average molecular weight is 340 g/mol. The third-order valence-corrected chi connectivity index (χ3v) is 3.82. The Morgan fingerprint density at radius 2 is 1.68 bits per heavy atom. The molecule has 0 radical (unpaired) electrons. The predicted molar refractivity (Wildman–Crippen MR) is 91.0 cm³/mol. The van der Waals surface area contributed by atoms with E-state index in [9.17, 15) is 18.4 Å². The minimum Gasteiger partial charge on any atom is -0.384 e. The van der Waals surface area contributed by atoms with Crippen molar-refractivity contribution >= 4 is 11.6 Å². The molecule has 6 heteroatoms. The Morgan fingerprint density at radius 1 is 1.00 bits per heavy atom. The summed E-state index contributed by atoms with van der Waals surface area (Å²) in [6.07, 6.45) is 0. The first kappa shape index (κ1) is 16.6. The van der Waals surface area contributed by atoms with E-state index in [1.807, 2.05) is 0 Å². The van der Waals surface area contributed by atoms with E-state index in [0.29, 0.717) is 0 Å². The first-order chi connectivity index (χ1) is 11.9. The average Bonchev–Trinajstić information content (AvgIpc) is 2.58. The molecule has 2 aromatic carbocycles. The van der Waals surface area contributed by atoms with E-state index in [0.717, 1.165) is 28.3 Å². The molecule has 3 aromatic rings. The highest BCUT2D eigenvalue weighted by Crippen LogP contribution is 2.21. The zero-order valence-electron chi connectivity index (χ0n) is 13.3. The Labute approximate surface area is 142 Å². The number of hydrogen-bond donors (Lipinski definition) is 1. The molecule has 0 amide bonds. The molecule has 0 bridgehead atoms. The SMILES string of the molecule is Cc1ccc(F)c(-n2c(N)c(C(=O)c3ccc(F)cc3)ccc2=O)c1. The van der Waals surface area contributed by atoms with Crippen molar-refractivity contribution in [2.24, 2.45) is 0 Å². The van der Waals surface area contributed by atoms with Crippen LogP contribution < -0.4 is 11.3 Å². The maximum atomic E-state index is 14.2. The van der Waals surface area contributed by atoms with Gasteiger partial charge in [0.25, 0.3) is 5.56 Å². The Hall–Kier alpha value is -3.28. The molecule has 0 unspecified atom stereocenters. The summed E-state index contributed by atoms with van der Waals surface area (Å²) in [7, 11) is 0. The van der Waals surface area contributed by atoms with E-state index in [-0.39, 0.29) is 22.6 Å². The summed E-state index contributed by atoms with van der Waals surface area (Å²) in [4.78, 5) is 24.8. The van der Waals surface area contributed by atoms with E-state index < -0.39 is 23.0 Å². The molecular weight excluding hydrogens is 326 g/mol. The number of nitrogen functional groups attached to an aromatic ring is 1. The maximum Gasteiger partial charge on any atom is 0.256 e. The molecular formula is C19H14F2N2O2. The van der Waals surface area contributed by atoms with E-state index in [1.165, 1.54) is 30.3 Å². The zero-order valence-corrected chi connectivity index (χ0v) is 13.3. The third kappa shape index (κ3) is 3.06. The lowest BCUT2D eigenvalue weighted by Gasteiger charge is -2.14. The number of anilines is 1. The van der Waals surface area contributed by atoms with Crippen molar-refractivity contribution in [3.63, 3.8) is 0 Å². The van der Waals surface area contributed by atoms with Crippen molar-refractivity contribution in [2.45, 2.75) is 6.92 Å². The van der Waals surface area contributed by atoms with E-state index in [4.69, 9.17) is 5.73 Å². The molecule has 0 aliphatic heterocycles. The van der Waals surface area contributed by atoms with Crippen LogP contribution in [0, 0.1) is 18.6 Å². The van der Waals surface area contributed by atoms with Gasteiger partial charge in [-0.25, -0.2) is 8.78 Å². The van der Waals surface area contributed by atoms with Crippen molar-refractivity contribution in [2.75, 3.05) is 5.73 Å². The molecule has 126 valence electrons. The summed E-state index contributed by atoms with van der Waals surface area (Å²) in [5.41, 5.74) is 6.40. The van der Waals surface area contributed by atoms with Gasteiger partial charge in [-0.2, -0.15) is 0 Å². The molecule has 25 heavy (non-hydrogen) atoms. The second-order valence-electron chi connectivity index (χ2n) is 5.60. The number of pyridine rings is 1. The standard InChI is InChI=1S/C19H14F2N2O2/c1-11-2-8-15(21)16(10-11)23-17(24)9-7-14(19(23)22)18(25)12-3-5-13(20)6-4-12/h2-10H,22H2,1H3. The van der Waals surface area contributed by atoms with Gasteiger partial charge in [-0.1, -0.05) is 6.07 Å². The number of benzene rings is 2. The minimum absolute atomic E-state index is 0.0312. The number of hydrogen-bond acceptors (Lipinski definition) is 3. The van der Waals surface area contributed by atoms with Gasteiger partial charge in [-0.15, -0.1) is 0 Å². The highest BCUT2D eigenvalue weighted by molar-refractivity contribution is 6.11. The molecule has 1 aromatic heterocycles. The van der Waals surface area contributed by atoms with Crippen molar-refractivity contribution in [1.82, 2.24) is 4.57 Å². The Morgan fingerprint density at radius 3 is 2.36 bits per heavy atom. The van der Waals surface area contributed by atoms with Crippen molar-refractivity contribution in [1.29, 1.82) is 0 Å². The van der Waals surface area contributed by atoms with Crippen LogP contribution in [-0.4, -0.2) is 10.4 Å². The highest BCUT2D eigenvalue weighted by Gasteiger charge is 2.18. The number of aromatic nitrogens is 1. The molecule has 3 rings (SSSR count). The van der Waals surface area contributed by atoms with Gasteiger partial charge in [0, 0.05) is 11.6 Å². The largest absolute Gasteiger partial charge is 0.384 e. The van der Waals surface area contributed by atoms with Crippen LogP contribution in [0.2, 0.25) is 0 Å². The van der Waals surface area contributed by atoms with Gasteiger partial charge in [0.15, 0.2) is 5.78 Å². The predicted octanol–water partition coefficient (Wildman–Crippen LogP) is 3.24. The molecule has 0 atom stereocenters. The van der Waals surface area contributed by atoms with Crippen molar-refractivity contribution in [3.05, 3.63) is 93.3 Å². The molecule has 4 nitrogen and oxygen atoms in total. The van der Waals surface area contributed by atoms with Crippen LogP contribution in [0.1, 0.15) is 21.5 Å². The van der Waals surface area contributed by atoms with E-state index in [2.05, 4.69) is 0 Å². The number of ketones is 1.